The Bertz CT molecular complexity index is 364. The van der Waals surface area contributed by atoms with Gasteiger partial charge in [0, 0.05) is 12.5 Å². The number of carbonyl (C=O) groups excluding carboxylic acids is 1. The van der Waals surface area contributed by atoms with Crippen LogP contribution in [0.5, 0.6) is 0 Å². The predicted molar refractivity (Wildman–Crippen MR) is 55.6 cm³/mol. The second-order valence-electron chi connectivity index (χ2n) is 3.52. The van der Waals surface area contributed by atoms with E-state index in [2.05, 4.69) is 5.43 Å². The van der Waals surface area contributed by atoms with Crippen LogP contribution >= 0.6 is 0 Å². The van der Waals surface area contributed by atoms with E-state index in [1.54, 1.807) is 6.07 Å². The Morgan fingerprint density at radius 2 is 2.21 bits per heavy atom. The zero-order valence-electron chi connectivity index (χ0n) is 8.03. The molecule has 0 radical (unpaired) electrons. The summed E-state index contributed by atoms with van der Waals surface area (Å²) < 4.78 is 0. The van der Waals surface area contributed by atoms with Gasteiger partial charge in [-0.05, 0) is 19.1 Å². The van der Waals surface area contributed by atoms with Gasteiger partial charge in [0.1, 0.15) is 0 Å². The molecule has 1 fully saturated rings. The molecule has 74 valence electrons. The number of para-hydroxylation sites is 2. The molecule has 0 saturated carbocycles. The fourth-order valence-corrected chi connectivity index (χ4v) is 1.59. The molecule has 1 atom stereocenters. The van der Waals surface area contributed by atoms with Gasteiger partial charge in [-0.15, -0.1) is 0 Å². The summed E-state index contributed by atoms with van der Waals surface area (Å²) in [5.41, 5.74) is 10.2. The van der Waals surface area contributed by atoms with Crippen LogP contribution in [0.15, 0.2) is 24.3 Å². The second kappa shape index (κ2) is 3.31. The highest BCUT2D eigenvalue weighted by Gasteiger charge is 2.27. The number of hydrogen-bond donors (Lipinski definition) is 2. The summed E-state index contributed by atoms with van der Waals surface area (Å²) in [5.74, 6) is 0.0652. The van der Waals surface area contributed by atoms with Crippen molar-refractivity contribution >= 4 is 17.3 Å². The first-order chi connectivity index (χ1) is 6.68. The Balaban J connectivity index is 2.32. The summed E-state index contributed by atoms with van der Waals surface area (Å²) in [6.45, 7) is 1.97. The number of carbonyl (C=O) groups is 1. The van der Waals surface area contributed by atoms with E-state index < -0.39 is 0 Å². The number of hydrazine groups is 1. The first-order valence-electron chi connectivity index (χ1n) is 4.62. The molecule has 1 heterocycles. The third kappa shape index (κ3) is 1.44. The highest BCUT2D eigenvalue weighted by atomic mass is 16.2. The lowest BCUT2D eigenvalue weighted by Gasteiger charge is -2.18. The normalized spacial score (nSPS) is 21.6. The maximum atomic E-state index is 11.5. The molecule has 2 rings (SSSR count). The maximum Gasteiger partial charge on any atom is 0.243 e. The van der Waals surface area contributed by atoms with Gasteiger partial charge in [-0.25, -0.2) is 10.4 Å². The molecule has 1 aliphatic rings. The number of nitrogens with two attached hydrogens (primary N) is 1. The summed E-state index contributed by atoms with van der Waals surface area (Å²) in [4.78, 5) is 11.5. The van der Waals surface area contributed by atoms with Crippen molar-refractivity contribution < 1.29 is 4.79 Å². The van der Waals surface area contributed by atoms with Crippen molar-refractivity contribution in [2.24, 2.45) is 0 Å². The Hall–Kier alpha value is -1.55. The SMILES string of the molecule is CC1CC(=O)N(c2ccccc2N)N1. The van der Waals surface area contributed by atoms with E-state index in [0.29, 0.717) is 12.1 Å². The standard InChI is InChI=1S/C10H13N3O/c1-7-6-10(14)13(12-7)9-5-3-2-4-8(9)11/h2-5,7,12H,6,11H2,1H3. The minimum Gasteiger partial charge on any atom is -0.397 e. The van der Waals surface area contributed by atoms with Crippen molar-refractivity contribution in [3.05, 3.63) is 24.3 Å². The van der Waals surface area contributed by atoms with Crippen molar-refractivity contribution in [2.75, 3.05) is 10.7 Å². The Morgan fingerprint density at radius 1 is 1.50 bits per heavy atom. The molecule has 4 heteroatoms. The lowest BCUT2D eigenvalue weighted by molar-refractivity contribution is -0.117. The van der Waals surface area contributed by atoms with Gasteiger partial charge in [0.05, 0.1) is 11.4 Å². The van der Waals surface area contributed by atoms with Gasteiger partial charge >= 0.3 is 0 Å². The molecular formula is C10H13N3O. The van der Waals surface area contributed by atoms with E-state index >= 15 is 0 Å². The van der Waals surface area contributed by atoms with Crippen molar-refractivity contribution in [3.63, 3.8) is 0 Å². The molecule has 1 aliphatic heterocycles. The first-order valence-corrected chi connectivity index (χ1v) is 4.62. The Kier molecular flexibility index (Phi) is 2.13. The van der Waals surface area contributed by atoms with Crippen molar-refractivity contribution in [3.8, 4) is 0 Å². The summed E-state index contributed by atoms with van der Waals surface area (Å²) in [6, 6.07) is 7.51. The van der Waals surface area contributed by atoms with Gasteiger partial charge in [0.15, 0.2) is 0 Å². The van der Waals surface area contributed by atoms with Crippen LogP contribution in [0.4, 0.5) is 11.4 Å². The zero-order chi connectivity index (χ0) is 10.1. The molecule has 0 spiro atoms. The predicted octanol–water partition coefficient (Wildman–Crippen LogP) is 0.899. The van der Waals surface area contributed by atoms with E-state index in [1.807, 2.05) is 25.1 Å². The van der Waals surface area contributed by atoms with Gasteiger partial charge in [0.2, 0.25) is 5.91 Å². The van der Waals surface area contributed by atoms with E-state index in [-0.39, 0.29) is 11.9 Å². The number of nitrogens with one attached hydrogen (secondary N) is 1. The van der Waals surface area contributed by atoms with Crippen LogP contribution in [0.25, 0.3) is 0 Å². The number of benzene rings is 1. The highest BCUT2D eigenvalue weighted by molar-refractivity contribution is 5.97. The maximum absolute atomic E-state index is 11.5. The van der Waals surface area contributed by atoms with Crippen LogP contribution in [-0.4, -0.2) is 11.9 Å². The van der Waals surface area contributed by atoms with Crippen LogP contribution < -0.4 is 16.2 Å². The van der Waals surface area contributed by atoms with Gasteiger partial charge in [-0.3, -0.25) is 4.79 Å². The van der Waals surface area contributed by atoms with Crippen LogP contribution in [0.2, 0.25) is 0 Å². The molecule has 1 aromatic rings. The fraction of sp³-hybridized carbons (Fsp3) is 0.300. The molecule has 1 amide bonds. The van der Waals surface area contributed by atoms with E-state index in [1.165, 1.54) is 5.01 Å². The smallest absolute Gasteiger partial charge is 0.243 e. The van der Waals surface area contributed by atoms with E-state index in [0.717, 1.165) is 5.69 Å². The molecule has 0 aromatic heterocycles. The number of rotatable bonds is 1. The minimum absolute atomic E-state index is 0.0652. The van der Waals surface area contributed by atoms with Crippen LogP contribution in [-0.2, 0) is 4.79 Å². The number of nitrogen functional groups attached to an aromatic ring is 1. The summed E-state index contributed by atoms with van der Waals surface area (Å²) >= 11 is 0. The Morgan fingerprint density at radius 3 is 2.79 bits per heavy atom. The average Bonchev–Trinajstić information content (AvgIpc) is 2.46. The lowest BCUT2D eigenvalue weighted by Crippen LogP contribution is -2.37. The van der Waals surface area contributed by atoms with E-state index in [4.69, 9.17) is 5.73 Å². The van der Waals surface area contributed by atoms with Crippen molar-refractivity contribution in [1.82, 2.24) is 5.43 Å². The molecule has 4 nitrogen and oxygen atoms in total. The van der Waals surface area contributed by atoms with Gasteiger partial charge in [-0.1, -0.05) is 12.1 Å². The average molecular weight is 191 g/mol. The van der Waals surface area contributed by atoms with Crippen molar-refractivity contribution in [1.29, 1.82) is 0 Å². The fourth-order valence-electron chi connectivity index (χ4n) is 1.59. The third-order valence-corrected chi connectivity index (χ3v) is 2.26. The van der Waals surface area contributed by atoms with Gasteiger partial charge < -0.3 is 5.73 Å². The molecular weight excluding hydrogens is 178 g/mol. The summed E-state index contributed by atoms with van der Waals surface area (Å²) in [6.07, 6.45) is 0.522. The molecule has 3 N–H and O–H groups in total. The molecule has 0 aliphatic carbocycles. The lowest BCUT2D eigenvalue weighted by atomic mass is 10.2. The van der Waals surface area contributed by atoms with Crippen LogP contribution in [0.3, 0.4) is 0 Å². The molecule has 14 heavy (non-hydrogen) atoms. The van der Waals surface area contributed by atoms with Gasteiger partial charge in [0.25, 0.3) is 0 Å². The summed E-state index contributed by atoms with van der Waals surface area (Å²) in [5, 5.41) is 1.53. The topological polar surface area (TPSA) is 58.4 Å². The highest BCUT2D eigenvalue weighted by Crippen LogP contribution is 2.24. The number of nitrogens with zero attached hydrogens (tertiary/aromatic N) is 1. The van der Waals surface area contributed by atoms with Crippen LogP contribution in [0.1, 0.15) is 13.3 Å². The molecule has 1 saturated heterocycles. The van der Waals surface area contributed by atoms with Crippen LogP contribution in [0, 0.1) is 0 Å². The Labute approximate surface area is 82.7 Å². The molecule has 1 unspecified atom stereocenters. The third-order valence-electron chi connectivity index (χ3n) is 2.26. The zero-order valence-corrected chi connectivity index (χ0v) is 8.03. The van der Waals surface area contributed by atoms with Crippen molar-refractivity contribution in [2.45, 2.75) is 19.4 Å². The quantitative estimate of drug-likeness (QED) is 0.648. The largest absolute Gasteiger partial charge is 0.397 e. The minimum atomic E-state index is 0.0652. The summed E-state index contributed by atoms with van der Waals surface area (Å²) in [7, 11) is 0. The second-order valence-corrected chi connectivity index (χ2v) is 3.52. The molecule has 0 bridgehead atoms. The number of amides is 1. The monoisotopic (exact) mass is 191 g/mol. The number of anilines is 2. The first kappa shape index (κ1) is 9.02. The molecule has 1 aromatic carbocycles. The number of hydrogen-bond acceptors (Lipinski definition) is 3. The van der Waals surface area contributed by atoms with Gasteiger partial charge in [-0.2, -0.15) is 0 Å². The van der Waals surface area contributed by atoms with E-state index in [9.17, 15) is 4.79 Å².